The van der Waals surface area contributed by atoms with Crippen molar-refractivity contribution in [3.05, 3.63) is 59.7 Å². The van der Waals surface area contributed by atoms with Gasteiger partial charge in [-0.05, 0) is 35.1 Å². The summed E-state index contributed by atoms with van der Waals surface area (Å²) in [6.45, 7) is 0. The molecule has 8 nitrogen and oxygen atoms in total. The quantitative estimate of drug-likeness (QED) is 0.317. The van der Waals surface area contributed by atoms with Crippen molar-refractivity contribution >= 4 is 24.5 Å². The minimum atomic E-state index is -1.58. The molecule has 142 valence electrons. The zero-order valence-electron chi connectivity index (χ0n) is 14.4. The summed E-state index contributed by atoms with van der Waals surface area (Å²) in [5, 5.41) is 39.2. The van der Waals surface area contributed by atoms with Crippen LogP contribution in [0.3, 0.4) is 0 Å². The van der Waals surface area contributed by atoms with Gasteiger partial charge in [-0.25, -0.2) is 4.79 Å². The van der Waals surface area contributed by atoms with Crippen molar-refractivity contribution in [2.24, 2.45) is 5.73 Å². The molecular weight excluding hydrogens is 351 g/mol. The number of carboxylic acids is 1. The van der Waals surface area contributed by atoms with Gasteiger partial charge in [-0.15, -0.1) is 0 Å². The van der Waals surface area contributed by atoms with Gasteiger partial charge in [0, 0.05) is 6.42 Å². The topological polar surface area (TPSA) is 153 Å². The first-order valence-electron chi connectivity index (χ1n) is 8.28. The number of aliphatic carboxylic acids is 1. The van der Waals surface area contributed by atoms with E-state index in [0.29, 0.717) is 16.6 Å². The number of nitrogens with one attached hydrogen (secondary N) is 1. The van der Waals surface area contributed by atoms with E-state index in [9.17, 15) is 19.8 Å². The molecule has 2 aromatic carbocycles. The Morgan fingerprint density at radius 3 is 2.00 bits per heavy atom. The van der Waals surface area contributed by atoms with Crippen LogP contribution in [0.5, 0.6) is 5.75 Å². The summed E-state index contributed by atoms with van der Waals surface area (Å²) in [7, 11) is -1.58. The Balaban J connectivity index is 1.97. The third-order valence-corrected chi connectivity index (χ3v) is 4.06. The van der Waals surface area contributed by atoms with E-state index in [-0.39, 0.29) is 18.6 Å². The molecule has 0 heterocycles. The normalized spacial score (nSPS) is 12.9. The Labute approximate surface area is 156 Å². The van der Waals surface area contributed by atoms with Crippen LogP contribution in [0, 0.1) is 0 Å². The van der Waals surface area contributed by atoms with Crippen LogP contribution >= 0.6 is 0 Å². The number of aromatic hydroxyl groups is 1. The Hall–Kier alpha value is -2.88. The van der Waals surface area contributed by atoms with E-state index in [1.807, 2.05) is 0 Å². The van der Waals surface area contributed by atoms with Gasteiger partial charge in [0.25, 0.3) is 0 Å². The van der Waals surface area contributed by atoms with Crippen molar-refractivity contribution in [3.63, 3.8) is 0 Å². The van der Waals surface area contributed by atoms with Crippen LogP contribution in [0.15, 0.2) is 48.5 Å². The monoisotopic (exact) mass is 372 g/mol. The van der Waals surface area contributed by atoms with Crippen molar-refractivity contribution in [1.29, 1.82) is 0 Å². The second-order valence-corrected chi connectivity index (χ2v) is 6.20. The number of amides is 1. The SMILES string of the molecule is N[C@H](Cc1ccc(B(O)O)cc1)C(=O)N[C@H](Cc1ccc(O)cc1)C(=O)O. The second kappa shape index (κ2) is 9.18. The van der Waals surface area contributed by atoms with Gasteiger partial charge >= 0.3 is 13.1 Å². The molecule has 7 N–H and O–H groups in total. The summed E-state index contributed by atoms with van der Waals surface area (Å²) in [5.41, 5.74) is 7.54. The lowest BCUT2D eigenvalue weighted by molar-refractivity contribution is -0.141. The van der Waals surface area contributed by atoms with Gasteiger partial charge in [0.1, 0.15) is 11.8 Å². The zero-order chi connectivity index (χ0) is 20.0. The van der Waals surface area contributed by atoms with Gasteiger partial charge in [0.15, 0.2) is 0 Å². The summed E-state index contributed by atoms with van der Waals surface area (Å²) >= 11 is 0. The van der Waals surface area contributed by atoms with Crippen LogP contribution in [0.2, 0.25) is 0 Å². The molecular formula is C18H21BN2O6. The lowest BCUT2D eigenvalue weighted by atomic mass is 9.80. The molecule has 9 heteroatoms. The highest BCUT2D eigenvalue weighted by Gasteiger charge is 2.24. The molecule has 2 aromatic rings. The maximum absolute atomic E-state index is 12.3. The summed E-state index contributed by atoms with van der Waals surface area (Å²) in [6, 6.07) is 10.2. The first-order valence-corrected chi connectivity index (χ1v) is 8.28. The largest absolute Gasteiger partial charge is 0.508 e. The van der Waals surface area contributed by atoms with Gasteiger partial charge < -0.3 is 31.3 Å². The fourth-order valence-corrected chi connectivity index (χ4v) is 2.52. The van der Waals surface area contributed by atoms with Crippen molar-refractivity contribution in [1.82, 2.24) is 5.32 Å². The van der Waals surface area contributed by atoms with Crippen LogP contribution in [-0.4, -0.2) is 51.3 Å². The Morgan fingerprint density at radius 1 is 0.963 bits per heavy atom. The zero-order valence-corrected chi connectivity index (χ0v) is 14.4. The maximum atomic E-state index is 12.3. The third kappa shape index (κ3) is 6.10. The molecule has 0 aliphatic rings. The van der Waals surface area contributed by atoms with E-state index in [1.165, 1.54) is 24.3 Å². The minimum absolute atomic E-state index is 0.0527. The minimum Gasteiger partial charge on any atom is -0.508 e. The number of benzene rings is 2. The summed E-state index contributed by atoms with van der Waals surface area (Å²) in [5.74, 6) is -1.73. The van der Waals surface area contributed by atoms with Gasteiger partial charge in [0.05, 0.1) is 6.04 Å². The number of nitrogens with two attached hydrogens (primary N) is 1. The third-order valence-electron chi connectivity index (χ3n) is 4.06. The van der Waals surface area contributed by atoms with Crippen LogP contribution in [0.25, 0.3) is 0 Å². The first kappa shape index (κ1) is 20.4. The number of hydrogen-bond donors (Lipinski definition) is 6. The molecule has 0 unspecified atom stereocenters. The molecule has 1 amide bonds. The molecule has 0 spiro atoms. The van der Waals surface area contributed by atoms with Crippen molar-refractivity contribution in [2.75, 3.05) is 0 Å². The van der Waals surface area contributed by atoms with Crippen molar-refractivity contribution in [2.45, 2.75) is 24.9 Å². The summed E-state index contributed by atoms with van der Waals surface area (Å²) in [4.78, 5) is 23.7. The molecule has 0 aromatic heterocycles. The lowest BCUT2D eigenvalue weighted by Crippen LogP contribution is -2.50. The molecule has 2 rings (SSSR count). The Bertz CT molecular complexity index is 779. The van der Waals surface area contributed by atoms with E-state index in [1.54, 1.807) is 24.3 Å². The number of phenolic OH excluding ortho intramolecular Hbond substituents is 1. The molecule has 0 aliphatic carbocycles. The van der Waals surface area contributed by atoms with Crippen LogP contribution in [-0.2, 0) is 22.4 Å². The fraction of sp³-hybridized carbons (Fsp3) is 0.222. The predicted octanol–water partition coefficient (Wildman–Crippen LogP) is -1.25. The second-order valence-electron chi connectivity index (χ2n) is 6.20. The van der Waals surface area contributed by atoms with E-state index in [2.05, 4.69) is 5.32 Å². The smallest absolute Gasteiger partial charge is 0.488 e. The number of carbonyl (C=O) groups is 2. The van der Waals surface area contributed by atoms with Gasteiger partial charge in [-0.2, -0.15) is 0 Å². The van der Waals surface area contributed by atoms with Gasteiger partial charge in [0.2, 0.25) is 5.91 Å². The molecule has 2 atom stereocenters. The Morgan fingerprint density at radius 2 is 1.48 bits per heavy atom. The molecule has 0 saturated carbocycles. The number of rotatable bonds is 8. The van der Waals surface area contributed by atoms with Gasteiger partial charge in [-0.1, -0.05) is 36.4 Å². The van der Waals surface area contributed by atoms with Crippen molar-refractivity contribution in [3.8, 4) is 5.75 Å². The van der Waals surface area contributed by atoms with E-state index >= 15 is 0 Å². The number of phenols is 1. The van der Waals surface area contributed by atoms with Crippen LogP contribution in [0.4, 0.5) is 0 Å². The van der Waals surface area contributed by atoms with Gasteiger partial charge in [-0.3, -0.25) is 4.79 Å². The molecule has 0 aliphatic heterocycles. The molecule has 27 heavy (non-hydrogen) atoms. The summed E-state index contributed by atoms with van der Waals surface area (Å²) in [6.07, 6.45) is 0.219. The highest BCUT2D eigenvalue weighted by atomic mass is 16.4. The van der Waals surface area contributed by atoms with E-state index in [0.717, 1.165) is 0 Å². The summed E-state index contributed by atoms with van der Waals surface area (Å²) < 4.78 is 0. The first-order chi connectivity index (χ1) is 12.8. The molecule has 0 saturated heterocycles. The van der Waals surface area contributed by atoms with Crippen LogP contribution in [0.1, 0.15) is 11.1 Å². The molecule has 0 bridgehead atoms. The number of carboxylic acid groups (broad SMARTS) is 1. The van der Waals surface area contributed by atoms with Crippen molar-refractivity contribution < 1.29 is 29.9 Å². The molecule has 0 radical (unpaired) electrons. The number of carbonyl (C=O) groups excluding carboxylic acids is 1. The number of hydrogen-bond acceptors (Lipinski definition) is 6. The highest BCUT2D eigenvalue weighted by molar-refractivity contribution is 6.58. The maximum Gasteiger partial charge on any atom is 0.488 e. The highest BCUT2D eigenvalue weighted by Crippen LogP contribution is 2.11. The predicted molar refractivity (Wildman–Crippen MR) is 99.3 cm³/mol. The lowest BCUT2D eigenvalue weighted by Gasteiger charge is -2.18. The Kier molecular flexibility index (Phi) is 6.94. The average molecular weight is 372 g/mol. The molecule has 0 fully saturated rings. The average Bonchev–Trinajstić information content (AvgIpc) is 2.63. The van der Waals surface area contributed by atoms with Crippen LogP contribution < -0.4 is 16.5 Å². The van der Waals surface area contributed by atoms with E-state index < -0.39 is 31.1 Å². The fourth-order valence-electron chi connectivity index (χ4n) is 2.52. The van der Waals surface area contributed by atoms with E-state index in [4.69, 9.17) is 15.8 Å². The standard InChI is InChI=1S/C18H21BN2O6/c20-15(9-11-1-5-13(6-2-11)19(26)27)17(23)21-16(18(24)25)10-12-3-7-14(22)8-4-12/h1-8,15-16,22,26-27H,9-10,20H2,(H,21,23)(H,24,25)/t15-,16-/m1/s1.